The molecule has 1 heterocycles. The Kier molecular flexibility index (Phi) is 1.73. The fourth-order valence-electron chi connectivity index (χ4n) is 1.10. The minimum atomic E-state index is 0.717. The zero-order valence-corrected chi connectivity index (χ0v) is 8.25. The minimum Gasteiger partial charge on any atom is -0.398 e. The molecular formula is C8H8N2S2. The third-order valence-corrected chi connectivity index (χ3v) is 3.31. The van der Waals surface area contributed by atoms with Crippen LogP contribution in [-0.4, -0.2) is 4.98 Å². The quantitative estimate of drug-likeness (QED) is 0.502. The van der Waals surface area contributed by atoms with Crippen molar-refractivity contribution >= 4 is 39.9 Å². The van der Waals surface area contributed by atoms with E-state index in [1.165, 1.54) is 0 Å². The van der Waals surface area contributed by atoms with Gasteiger partial charge in [-0.2, -0.15) is 0 Å². The lowest BCUT2D eigenvalue weighted by Crippen LogP contribution is -1.85. The highest BCUT2D eigenvalue weighted by Gasteiger charge is 2.05. The third-order valence-electron chi connectivity index (χ3n) is 1.67. The van der Waals surface area contributed by atoms with Crippen molar-refractivity contribution in [3.63, 3.8) is 0 Å². The number of aryl methyl sites for hydroxylation is 1. The average molecular weight is 196 g/mol. The second-order valence-corrected chi connectivity index (χ2v) is 4.23. The van der Waals surface area contributed by atoms with Gasteiger partial charge in [-0.05, 0) is 19.1 Å². The second-order valence-electron chi connectivity index (χ2n) is 2.58. The zero-order valence-electron chi connectivity index (χ0n) is 6.53. The van der Waals surface area contributed by atoms with Crippen LogP contribution in [0.3, 0.4) is 0 Å². The number of hydrogen-bond donors (Lipinski definition) is 2. The Morgan fingerprint density at radius 1 is 1.50 bits per heavy atom. The maximum Gasteiger partial charge on any atom is 0.0908 e. The highest BCUT2D eigenvalue weighted by Crippen LogP contribution is 2.31. The van der Waals surface area contributed by atoms with Crippen LogP contribution in [0, 0.1) is 6.92 Å². The second kappa shape index (κ2) is 2.64. The van der Waals surface area contributed by atoms with Crippen molar-refractivity contribution in [3.05, 3.63) is 17.1 Å². The Hall–Kier alpha value is -0.740. The van der Waals surface area contributed by atoms with Gasteiger partial charge in [0.25, 0.3) is 0 Å². The summed E-state index contributed by atoms with van der Waals surface area (Å²) in [5.74, 6) is 0. The van der Waals surface area contributed by atoms with Gasteiger partial charge in [-0.1, -0.05) is 0 Å². The summed E-state index contributed by atoms with van der Waals surface area (Å²) in [6, 6.07) is 3.76. The Bertz CT molecular complexity index is 434. The number of nitrogen functional groups attached to an aromatic ring is 1. The van der Waals surface area contributed by atoms with Crippen LogP contribution in [-0.2, 0) is 0 Å². The van der Waals surface area contributed by atoms with Crippen LogP contribution in [0.1, 0.15) is 5.01 Å². The van der Waals surface area contributed by atoms with E-state index in [-0.39, 0.29) is 0 Å². The molecule has 0 saturated heterocycles. The van der Waals surface area contributed by atoms with Crippen LogP contribution >= 0.6 is 24.0 Å². The molecule has 2 rings (SSSR count). The van der Waals surface area contributed by atoms with E-state index in [1.54, 1.807) is 11.3 Å². The predicted molar refractivity (Wildman–Crippen MR) is 56.0 cm³/mol. The summed E-state index contributed by atoms with van der Waals surface area (Å²) in [5.41, 5.74) is 7.40. The molecule has 2 nitrogen and oxygen atoms in total. The van der Waals surface area contributed by atoms with Crippen LogP contribution in [0.15, 0.2) is 17.0 Å². The predicted octanol–water partition coefficient (Wildman–Crippen LogP) is 2.48. The molecule has 0 radical (unpaired) electrons. The number of nitrogens with two attached hydrogens (primary N) is 1. The molecule has 0 aliphatic carbocycles. The van der Waals surface area contributed by atoms with E-state index in [2.05, 4.69) is 17.6 Å². The molecule has 0 bridgehead atoms. The summed E-state index contributed by atoms with van der Waals surface area (Å²) in [6.45, 7) is 1.98. The number of hydrogen-bond acceptors (Lipinski definition) is 4. The molecule has 0 saturated carbocycles. The Labute approximate surface area is 79.8 Å². The van der Waals surface area contributed by atoms with E-state index in [9.17, 15) is 0 Å². The summed E-state index contributed by atoms with van der Waals surface area (Å²) in [5, 5.41) is 1.05. The first-order valence-corrected chi connectivity index (χ1v) is 4.79. The van der Waals surface area contributed by atoms with Gasteiger partial charge in [0, 0.05) is 10.6 Å². The number of anilines is 1. The van der Waals surface area contributed by atoms with E-state index < -0.39 is 0 Å². The first-order valence-electron chi connectivity index (χ1n) is 3.53. The standard InChI is InChI=1S/C8H8N2S2/c1-4-10-6-3-2-5(9)7(11)8(6)12-4/h2-3,11H,9H2,1H3. The topological polar surface area (TPSA) is 38.9 Å². The zero-order chi connectivity index (χ0) is 8.72. The molecule has 0 amide bonds. The Balaban J connectivity index is 2.89. The lowest BCUT2D eigenvalue weighted by Gasteiger charge is -1.97. The van der Waals surface area contributed by atoms with E-state index >= 15 is 0 Å². The molecule has 1 aromatic heterocycles. The van der Waals surface area contributed by atoms with Crippen molar-refractivity contribution < 1.29 is 0 Å². The van der Waals surface area contributed by atoms with E-state index in [0.29, 0.717) is 0 Å². The number of benzene rings is 1. The molecule has 12 heavy (non-hydrogen) atoms. The smallest absolute Gasteiger partial charge is 0.0908 e. The summed E-state index contributed by atoms with van der Waals surface area (Å²) in [6.07, 6.45) is 0. The molecule has 0 aliphatic rings. The molecule has 2 aromatic rings. The van der Waals surface area contributed by atoms with Gasteiger partial charge in [0.2, 0.25) is 0 Å². The normalized spacial score (nSPS) is 10.8. The largest absolute Gasteiger partial charge is 0.398 e. The van der Waals surface area contributed by atoms with E-state index in [0.717, 1.165) is 25.8 Å². The molecule has 1 aromatic carbocycles. The third kappa shape index (κ3) is 1.07. The van der Waals surface area contributed by atoms with Crippen molar-refractivity contribution in [2.24, 2.45) is 0 Å². The van der Waals surface area contributed by atoms with Crippen LogP contribution in [0.4, 0.5) is 5.69 Å². The average Bonchev–Trinajstić information content (AvgIpc) is 2.39. The van der Waals surface area contributed by atoms with Crippen molar-refractivity contribution in [1.29, 1.82) is 0 Å². The molecule has 0 spiro atoms. The maximum absolute atomic E-state index is 5.70. The summed E-state index contributed by atoms with van der Waals surface area (Å²) in [4.78, 5) is 5.17. The van der Waals surface area contributed by atoms with Gasteiger partial charge in [0.15, 0.2) is 0 Å². The van der Waals surface area contributed by atoms with Gasteiger partial charge in [-0.3, -0.25) is 0 Å². The fourth-order valence-corrected chi connectivity index (χ4v) is 2.30. The molecule has 0 atom stereocenters. The van der Waals surface area contributed by atoms with Crippen molar-refractivity contribution in [2.75, 3.05) is 5.73 Å². The fraction of sp³-hybridized carbons (Fsp3) is 0.125. The molecule has 62 valence electrons. The van der Waals surface area contributed by atoms with Gasteiger partial charge in [0.05, 0.1) is 15.2 Å². The number of aromatic nitrogens is 1. The lowest BCUT2D eigenvalue weighted by molar-refractivity contribution is 1.34. The van der Waals surface area contributed by atoms with Crippen LogP contribution < -0.4 is 5.73 Å². The van der Waals surface area contributed by atoms with Gasteiger partial charge in [-0.15, -0.1) is 24.0 Å². The SMILES string of the molecule is Cc1nc2ccc(N)c(S)c2s1. The summed E-state index contributed by atoms with van der Waals surface area (Å²) >= 11 is 5.95. The molecule has 0 fully saturated rings. The summed E-state index contributed by atoms with van der Waals surface area (Å²) < 4.78 is 1.08. The molecule has 2 N–H and O–H groups in total. The lowest BCUT2D eigenvalue weighted by atomic mass is 10.3. The van der Waals surface area contributed by atoms with Crippen LogP contribution in [0.2, 0.25) is 0 Å². The highest BCUT2D eigenvalue weighted by molar-refractivity contribution is 7.81. The Morgan fingerprint density at radius 3 is 3.00 bits per heavy atom. The first kappa shape index (κ1) is 7.89. The van der Waals surface area contributed by atoms with Crippen LogP contribution in [0.5, 0.6) is 0 Å². The maximum atomic E-state index is 5.70. The van der Waals surface area contributed by atoms with E-state index in [4.69, 9.17) is 5.73 Å². The highest BCUT2D eigenvalue weighted by atomic mass is 32.1. The van der Waals surface area contributed by atoms with Crippen molar-refractivity contribution in [3.8, 4) is 0 Å². The number of rotatable bonds is 0. The van der Waals surface area contributed by atoms with Gasteiger partial charge < -0.3 is 5.73 Å². The molecule has 0 aliphatic heterocycles. The van der Waals surface area contributed by atoms with Crippen LogP contribution in [0.25, 0.3) is 10.2 Å². The number of nitrogens with zero attached hydrogens (tertiary/aromatic N) is 1. The number of thiazole rings is 1. The minimum absolute atomic E-state index is 0.717. The molecule has 4 heteroatoms. The summed E-state index contributed by atoms with van der Waals surface area (Å²) in [7, 11) is 0. The molecule has 0 unspecified atom stereocenters. The number of thiol groups is 1. The van der Waals surface area contributed by atoms with Crippen molar-refractivity contribution in [2.45, 2.75) is 11.8 Å². The Morgan fingerprint density at radius 2 is 2.25 bits per heavy atom. The van der Waals surface area contributed by atoms with Gasteiger partial charge >= 0.3 is 0 Å². The monoisotopic (exact) mass is 196 g/mol. The van der Waals surface area contributed by atoms with Crippen molar-refractivity contribution in [1.82, 2.24) is 4.98 Å². The molecular weight excluding hydrogens is 188 g/mol. The van der Waals surface area contributed by atoms with Gasteiger partial charge in [0.1, 0.15) is 0 Å². The van der Waals surface area contributed by atoms with E-state index in [1.807, 2.05) is 19.1 Å². The van der Waals surface area contributed by atoms with Gasteiger partial charge in [-0.25, -0.2) is 4.98 Å². The number of fused-ring (bicyclic) bond motifs is 1. The first-order chi connectivity index (χ1) is 5.68.